The van der Waals surface area contributed by atoms with Crippen molar-refractivity contribution in [3.8, 4) is 0 Å². The smallest absolute Gasteiger partial charge is 0.224 e. The number of piperidine rings is 1. The highest BCUT2D eigenvalue weighted by atomic mass is 16.1. The van der Waals surface area contributed by atoms with Crippen LogP contribution in [0.3, 0.4) is 0 Å². The van der Waals surface area contributed by atoms with Gasteiger partial charge in [0.25, 0.3) is 0 Å². The first kappa shape index (κ1) is 17.6. The number of pyridine rings is 1. The van der Waals surface area contributed by atoms with Gasteiger partial charge < -0.3 is 5.32 Å². The molecule has 1 amide bonds. The summed E-state index contributed by atoms with van der Waals surface area (Å²) in [6.45, 7) is 6.27. The van der Waals surface area contributed by atoms with Gasteiger partial charge in [0.2, 0.25) is 5.91 Å². The summed E-state index contributed by atoms with van der Waals surface area (Å²) in [5.74, 6) is 0.114. The molecule has 1 aromatic heterocycles. The first-order valence-corrected chi connectivity index (χ1v) is 9.08. The van der Waals surface area contributed by atoms with Gasteiger partial charge in [-0.1, -0.05) is 30.3 Å². The first-order chi connectivity index (χ1) is 12.1. The molecule has 132 valence electrons. The maximum Gasteiger partial charge on any atom is 0.224 e. The minimum Gasteiger partial charge on any atom is -0.353 e. The molecule has 0 saturated carbocycles. The minimum absolute atomic E-state index is 0.114. The Morgan fingerprint density at radius 2 is 2.08 bits per heavy atom. The monoisotopic (exact) mass is 337 g/mol. The molecule has 1 fully saturated rings. The third kappa shape index (κ3) is 4.89. The highest BCUT2D eigenvalue weighted by Crippen LogP contribution is 2.20. The Labute approximate surface area is 150 Å². The zero-order valence-electron chi connectivity index (χ0n) is 15.1. The Bertz CT molecular complexity index is 701. The Morgan fingerprint density at radius 3 is 2.80 bits per heavy atom. The molecule has 0 bridgehead atoms. The van der Waals surface area contributed by atoms with Crippen molar-refractivity contribution < 1.29 is 4.79 Å². The fraction of sp³-hybridized carbons (Fsp3) is 0.429. The van der Waals surface area contributed by atoms with Crippen LogP contribution in [-0.2, 0) is 17.8 Å². The summed E-state index contributed by atoms with van der Waals surface area (Å²) in [7, 11) is 0. The number of hydrogen-bond acceptors (Lipinski definition) is 3. The number of likely N-dealkylation sites (tertiary alicyclic amines) is 1. The van der Waals surface area contributed by atoms with Crippen LogP contribution in [0.2, 0.25) is 0 Å². The number of nitrogens with zero attached hydrogens (tertiary/aromatic N) is 2. The molecular weight excluding hydrogens is 310 g/mol. The summed E-state index contributed by atoms with van der Waals surface area (Å²) >= 11 is 0. The molecule has 0 radical (unpaired) electrons. The van der Waals surface area contributed by atoms with Crippen molar-refractivity contribution in [2.24, 2.45) is 0 Å². The molecule has 1 saturated heterocycles. The molecule has 0 spiro atoms. The first-order valence-electron chi connectivity index (χ1n) is 9.08. The number of benzene rings is 1. The van der Waals surface area contributed by atoms with Crippen LogP contribution in [0.4, 0.5) is 0 Å². The van der Waals surface area contributed by atoms with Crippen LogP contribution >= 0.6 is 0 Å². The molecule has 4 heteroatoms. The van der Waals surface area contributed by atoms with E-state index < -0.39 is 0 Å². The molecular formula is C21H27N3O. The lowest BCUT2D eigenvalue weighted by molar-refractivity contribution is -0.121. The molecule has 1 aliphatic heterocycles. The van der Waals surface area contributed by atoms with E-state index in [4.69, 9.17) is 0 Å². The molecule has 2 aromatic rings. The van der Waals surface area contributed by atoms with Crippen molar-refractivity contribution in [1.29, 1.82) is 0 Å². The number of nitrogens with one attached hydrogen (secondary N) is 1. The van der Waals surface area contributed by atoms with Crippen molar-refractivity contribution in [1.82, 2.24) is 15.2 Å². The predicted octanol–water partition coefficient (Wildman–Crippen LogP) is 3.10. The fourth-order valence-corrected chi connectivity index (χ4v) is 3.56. The molecule has 4 nitrogen and oxygen atoms in total. The number of amides is 1. The average Bonchev–Trinajstić information content (AvgIpc) is 2.60. The third-order valence-electron chi connectivity index (χ3n) is 5.09. The molecule has 1 N–H and O–H groups in total. The van der Waals surface area contributed by atoms with Crippen LogP contribution in [0.5, 0.6) is 0 Å². The quantitative estimate of drug-likeness (QED) is 0.912. The van der Waals surface area contributed by atoms with E-state index in [2.05, 4.69) is 52.5 Å². The van der Waals surface area contributed by atoms with Crippen LogP contribution in [0.15, 0.2) is 48.8 Å². The number of rotatable bonds is 5. The lowest BCUT2D eigenvalue weighted by Crippen LogP contribution is -2.48. The van der Waals surface area contributed by atoms with E-state index in [9.17, 15) is 4.79 Å². The van der Waals surface area contributed by atoms with Crippen molar-refractivity contribution in [2.45, 2.75) is 51.7 Å². The van der Waals surface area contributed by atoms with E-state index in [0.29, 0.717) is 12.5 Å². The van der Waals surface area contributed by atoms with Gasteiger partial charge in [-0.2, -0.15) is 0 Å². The number of carbonyl (C=O) groups is 1. The normalized spacial score (nSPS) is 21.0. The Hall–Kier alpha value is -2.20. The fourth-order valence-electron chi connectivity index (χ4n) is 3.56. The van der Waals surface area contributed by atoms with E-state index in [1.165, 1.54) is 5.56 Å². The second-order valence-corrected chi connectivity index (χ2v) is 7.07. The van der Waals surface area contributed by atoms with Crippen LogP contribution in [0, 0.1) is 6.92 Å². The van der Waals surface area contributed by atoms with Gasteiger partial charge >= 0.3 is 0 Å². The van der Waals surface area contributed by atoms with E-state index in [1.54, 1.807) is 6.20 Å². The van der Waals surface area contributed by atoms with Crippen LogP contribution < -0.4 is 5.32 Å². The maximum absolute atomic E-state index is 12.4. The largest absolute Gasteiger partial charge is 0.353 e. The topological polar surface area (TPSA) is 45.2 Å². The van der Waals surface area contributed by atoms with Crippen molar-refractivity contribution >= 4 is 5.91 Å². The van der Waals surface area contributed by atoms with E-state index >= 15 is 0 Å². The third-order valence-corrected chi connectivity index (χ3v) is 5.09. The van der Waals surface area contributed by atoms with Gasteiger partial charge in [-0.25, -0.2) is 0 Å². The van der Waals surface area contributed by atoms with Gasteiger partial charge in [0, 0.05) is 37.6 Å². The molecule has 0 unspecified atom stereocenters. The second kappa shape index (κ2) is 8.26. The molecule has 0 aliphatic carbocycles. The average molecular weight is 337 g/mol. The molecule has 1 aliphatic rings. The molecule has 1 aromatic carbocycles. The van der Waals surface area contributed by atoms with Gasteiger partial charge in [0.1, 0.15) is 0 Å². The summed E-state index contributed by atoms with van der Waals surface area (Å²) in [5, 5.41) is 3.22. The molecule has 25 heavy (non-hydrogen) atoms. The minimum atomic E-state index is 0.114. The molecule has 2 atom stereocenters. The number of aryl methyl sites for hydroxylation is 1. The van der Waals surface area contributed by atoms with Crippen molar-refractivity contribution in [3.05, 3.63) is 65.5 Å². The zero-order valence-corrected chi connectivity index (χ0v) is 15.1. The number of carbonyl (C=O) groups excluding carboxylic acids is 1. The lowest BCUT2D eigenvalue weighted by atomic mass is 9.97. The summed E-state index contributed by atoms with van der Waals surface area (Å²) in [6, 6.07) is 13.3. The van der Waals surface area contributed by atoms with Crippen LogP contribution in [0.25, 0.3) is 0 Å². The van der Waals surface area contributed by atoms with Crippen LogP contribution in [0.1, 0.15) is 36.5 Å². The van der Waals surface area contributed by atoms with Crippen molar-refractivity contribution in [3.63, 3.8) is 0 Å². The van der Waals surface area contributed by atoms with Gasteiger partial charge in [-0.05, 0) is 49.4 Å². The lowest BCUT2D eigenvalue weighted by Gasteiger charge is -2.38. The number of aromatic nitrogens is 1. The number of hydrogen-bond donors (Lipinski definition) is 1. The maximum atomic E-state index is 12.4. The highest BCUT2D eigenvalue weighted by Gasteiger charge is 2.26. The summed E-state index contributed by atoms with van der Waals surface area (Å²) in [4.78, 5) is 19.0. The van der Waals surface area contributed by atoms with Gasteiger partial charge in [-0.15, -0.1) is 0 Å². The Balaban J connectivity index is 1.49. The molecule has 2 heterocycles. The Morgan fingerprint density at radius 1 is 1.28 bits per heavy atom. The van der Waals surface area contributed by atoms with E-state index in [1.807, 2.05) is 19.2 Å². The SMILES string of the molecule is Cc1cnccc1CC(=O)N[C@@H]1CCN(Cc2ccccc2)[C@@H](C)C1. The highest BCUT2D eigenvalue weighted by molar-refractivity contribution is 5.79. The van der Waals surface area contributed by atoms with Gasteiger partial charge in [0.05, 0.1) is 6.42 Å². The molecule has 3 rings (SSSR count). The van der Waals surface area contributed by atoms with Gasteiger partial charge in [0.15, 0.2) is 0 Å². The van der Waals surface area contributed by atoms with E-state index in [0.717, 1.165) is 37.1 Å². The summed E-state index contributed by atoms with van der Waals surface area (Å²) < 4.78 is 0. The second-order valence-electron chi connectivity index (χ2n) is 7.07. The Kier molecular flexibility index (Phi) is 5.82. The zero-order chi connectivity index (χ0) is 17.6. The van der Waals surface area contributed by atoms with Gasteiger partial charge in [-0.3, -0.25) is 14.7 Å². The van der Waals surface area contributed by atoms with Crippen molar-refractivity contribution in [2.75, 3.05) is 6.54 Å². The predicted molar refractivity (Wildman–Crippen MR) is 100 cm³/mol. The standard InChI is InChI=1S/C21H27N3O/c1-16-14-22-10-8-19(16)13-21(25)23-20-9-11-24(17(2)12-20)15-18-6-4-3-5-7-18/h3-8,10,14,17,20H,9,11-13,15H2,1-2H3,(H,23,25)/t17-,20+/m0/s1. The summed E-state index contributed by atoms with van der Waals surface area (Å²) in [6.07, 6.45) is 6.02. The van der Waals surface area contributed by atoms with Crippen LogP contribution in [-0.4, -0.2) is 34.4 Å². The van der Waals surface area contributed by atoms with E-state index in [-0.39, 0.29) is 11.9 Å². The summed E-state index contributed by atoms with van der Waals surface area (Å²) in [5.41, 5.74) is 3.48.